The quantitative estimate of drug-likeness (QED) is 0.253. The average Bonchev–Trinajstić information content (AvgIpc) is 3.23. The molecule has 2 heterocycles. The maximum atomic E-state index is 11.9. The van der Waals surface area contributed by atoms with Gasteiger partial charge in [0.05, 0.1) is 17.5 Å². The van der Waals surface area contributed by atoms with Gasteiger partial charge in [-0.2, -0.15) is 5.10 Å². The van der Waals surface area contributed by atoms with Gasteiger partial charge in [-0.25, -0.2) is 5.43 Å². The summed E-state index contributed by atoms with van der Waals surface area (Å²) < 4.78 is 5.79. The molecule has 31 heavy (non-hydrogen) atoms. The van der Waals surface area contributed by atoms with E-state index in [4.69, 9.17) is 16.0 Å². The summed E-state index contributed by atoms with van der Waals surface area (Å²) in [5, 5.41) is 6.49. The Hall–Kier alpha value is -2.74. The molecule has 1 N–H and O–H groups in total. The highest BCUT2D eigenvalue weighted by Gasteiger charge is 2.07. The van der Waals surface area contributed by atoms with Crippen molar-refractivity contribution >= 4 is 58.1 Å². The minimum absolute atomic E-state index is 0.168. The van der Waals surface area contributed by atoms with E-state index in [-0.39, 0.29) is 5.91 Å². The second-order valence-electron chi connectivity index (χ2n) is 6.50. The van der Waals surface area contributed by atoms with E-state index >= 15 is 0 Å². The van der Waals surface area contributed by atoms with E-state index in [1.165, 1.54) is 29.7 Å². The molecule has 2 aromatic heterocycles. The topological polar surface area (TPSA) is 67.5 Å². The minimum Gasteiger partial charge on any atom is -0.448 e. The van der Waals surface area contributed by atoms with Crippen LogP contribution in [0.4, 0.5) is 0 Å². The van der Waals surface area contributed by atoms with Gasteiger partial charge in [0, 0.05) is 27.3 Å². The highest BCUT2D eigenvalue weighted by Crippen LogP contribution is 2.33. The van der Waals surface area contributed by atoms with E-state index < -0.39 is 0 Å². The number of rotatable bonds is 8. The lowest BCUT2D eigenvalue weighted by Crippen LogP contribution is -2.19. The Balaban J connectivity index is 1.26. The largest absolute Gasteiger partial charge is 0.448 e. The lowest BCUT2D eigenvalue weighted by Gasteiger charge is -2.03. The SMILES string of the molecule is O=C(CSCc1ccc(Cl)cc1)N/N=C\c1ccc(Sc2cccc3cccnc23)o1. The molecule has 4 rings (SSSR count). The van der Waals surface area contributed by atoms with Crippen molar-refractivity contribution in [2.75, 3.05) is 5.75 Å². The number of hydrogen-bond donors (Lipinski definition) is 1. The third-order valence-corrected chi connectivity index (χ3v) is 6.43. The molecule has 4 aromatic rings. The first-order chi connectivity index (χ1) is 15.2. The van der Waals surface area contributed by atoms with Gasteiger partial charge in [0.25, 0.3) is 0 Å². The monoisotopic (exact) mass is 467 g/mol. The molecular weight excluding hydrogens is 450 g/mol. The molecule has 156 valence electrons. The summed E-state index contributed by atoms with van der Waals surface area (Å²) in [5.41, 5.74) is 4.57. The minimum atomic E-state index is -0.168. The van der Waals surface area contributed by atoms with E-state index in [1.807, 2.05) is 66.7 Å². The van der Waals surface area contributed by atoms with Crippen LogP contribution in [0.2, 0.25) is 5.02 Å². The van der Waals surface area contributed by atoms with Gasteiger partial charge in [-0.3, -0.25) is 9.78 Å². The second-order valence-corrected chi connectivity index (χ2v) is 8.97. The number of fused-ring (bicyclic) bond motifs is 1. The van der Waals surface area contributed by atoms with E-state index in [1.54, 1.807) is 6.20 Å². The maximum absolute atomic E-state index is 11.9. The van der Waals surface area contributed by atoms with Crippen LogP contribution in [0, 0.1) is 0 Å². The number of carbonyl (C=O) groups is 1. The lowest BCUT2D eigenvalue weighted by molar-refractivity contribution is -0.118. The highest BCUT2D eigenvalue weighted by molar-refractivity contribution is 7.99. The smallest absolute Gasteiger partial charge is 0.250 e. The number of hydrazone groups is 1. The van der Waals surface area contributed by atoms with Crippen molar-refractivity contribution in [3.8, 4) is 0 Å². The maximum Gasteiger partial charge on any atom is 0.250 e. The summed E-state index contributed by atoms with van der Waals surface area (Å²) in [6.45, 7) is 0. The fourth-order valence-corrected chi connectivity index (χ4v) is 4.58. The summed E-state index contributed by atoms with van der Waals surface area (Å²) in [6, 6.07) is 21.3. The van der Waals surface area contributed by atoms with Gasteiger partial charge in [0.2, 0.25) is 5.91 Å². The molecule has 0 saturated carbocycles. The van der Waals surface area contributed by atoms with Gasteiger partial charge in [0.1, 0.15) is 5.76 Å². The number of thioether (sulfide) groups is 1. The summed E-state index contributed by atoms with van der Waals surface area (Å²) in [5.74, 6) is 1.44. The number of hydrogen-bond acceptors (Lipinski definition) is 6. The fraction of sp³-hybridized carbons (Fsp3) is 0.0870. The van der Waals surface area contributed by atoms with Crippen molar-refractivity contribution in [3.05, 3.63) is 89.3 Å². The number of aromatic nitrogens is 1. The molecule has 1 amide bonds. The number of para-hydroxylation sites is 1. The molecule has 0 aliphatic carbocycles. The van der Waals surface area contributed by atoms with Crippen molar-refractivity contribution in [3.63, 3.8) is 0 Å². The highest BCUT2D eigenvalue weighted by atomic mass is 35.5. The molecule has 0 aliphatic rings. The number of pyridine rings is 1. The predicted octanol–water partition coefficient (Wildman–Crippen LogP) is 6.02. The Bertz CT molecular complexity index is 1200. The standard InChI is InChI=1S/C23H18ClN3O2S2/c24-18-8-6-16(7-9-18)14-30-15-21(28)27-26-13-19-10-11-22(29-19)31-20-5-1-3-17-4-2-12-25-23(17)20/h1-13H,14-15H2,(H,27,28)/b26-13-. The predicted molar refractivity (Wildman–Crippen MR) is 128 cm³/mol. The Labute approximate surface area is 193 Å². The van der Waals surface area contributed by atoms with E-state index in [9.17, 15) is 4.79 Å². The Morgan fingerprint density at radius 1 is 1.10 bits per heavy atom. The average molecular weight is 468 g/mol. The van der Waals surface area contributed by atoms with Gasteiger partial charge < -0.3 is 4.42 Å². The van der Waals surface area contributed by atoms with Crippen molar-refractivity contribution in [2.24, 2.45) is 5.10 Å². The zero-order valence-corrected chi connectivity index (χ0v) is 18.7. The third kappa shape index (κ3) is 6.13. The Kier molecular flexibility index (Phi) is 7.30. The molecule has 0 bridgehead atoms. The normalized spacial score (nSPS) is 11.3. The van der Waals surface area contributed by atoms with Crippen molar-refractivity contribution in [1.29, 1.82) is 0 Å². The third-order valence-electron chi connectivity index (χ3n) is 4.20. The first kappa shape index (κ1) is 21.5. The van der Waals surface area contributed by atoms with Crippen LogP contribution < -0.4 is 5.43 Å². The lowest BCUT2D eigenvalue weighted by atomic mass is 10.2. The van der Waals surface area contributed by atoms with E-state index in [0.717, 1.165) is 32.2 Å². The summed E-state index contributed by atoms with van der Waals surface area (Å²) in [6.07, 6.45) is 3.27. The number of amides is 1. The number of nitrogens with one attached hydrogen (secondary N) is 1. The van der Waals surface area contributed by atoms with Gasteiger partial charge in [-0.15, -0.1) is 11.8 Å². The molecule has 0 radical (unpaired) electrons. The molecule has 8 heteroatoms. The second kappa shape index (κ2) is 10.5. The zero-order chi connectivity index (χ0) is 21.5. The van der Waals surface area contributed by atoms with Crippen molar-refractivity contribution < 1.29 is 9.21 Å². The molecule has 2 aromatic carbocycles. The van der Waals surface area contributed by atoms with Crippen molar-refractivity contribution in [2.45, 2.75) is 15.7 Å². The molecule has 0 unspecified atom stereocenters. The van der Waals surface area contributed by atoms with Crippen LogP contribution in [0.25, 0.3) is 10.9 Å². The number of benzene rings is 2. The van der Waals surface area contributed by atoms with Gasteiger partial charge in [0.15, 0.2) is 5.09 Å². The molecule has 0 fully saturated rings. The van der Waals surface area contributed by atoms with Gasteiger partial charge >= 0.3 is 0 Å². The first-order valence-electron chi connectivity index (χ1n) is 9.43. The zero-order valence-electron chi connectivity index (χ0n) is 16.3. The van der Waals surface area contributed by atoms with Crippen LogP contribution in [0.15, 0.2) is 92.4 Å². The number of halogens is 1. The number of furan rings is 1. The molecular formula is C23H18ClN3O2S2. The molecule has 0 spiro atoms. The van der Waals surface area contributed by atoms with Crippen LogP contribution in [0.5, 0.6) is 0 Å². The van der Waals surface area contributed by atoms with Crippen LogP contribution in [0.3, 0.4) is 0 Å². The van der Waals surface area contributed by atoms with Gasteiger partial charge in [-0.05, 0) is 53.7 Å². The summed E-state index contributed by atoms with van der Waals surface area (Å²) >= 11 is 8.88. The molecule has 0 aliphatic heterocycles. The Morgan fingerprint density at radius 3 is 2.81 bits per heavy atom. The number of nitrogens with zero attached hydrogens (tertiary/aromatic N) is 2. The molecule has 5 nitrogen and oxygen atoms in total. The summed E-state index contributed by atoms with van der Waals surface area (Å²) in [7, 11) is 0. The van der Waals surface area contributed by atoms with Crippen LogP contribution in [-0.4, -0.2) is 22.9 Å². The van der Waals surface area contributed by atoms with Gasteiger partial charge in [-0.1, -0.05) is 41.9 Å². The molecule has 0 atom stereocenters. The number of carbonyl (C=O) groups excluding carboxylic acids is 1. The van der Waals surface area contributed by atoms with Crippen molar-refractivity contribution in [1.82, 2.24) is 10.4 Å². The summed E-state index contributed by atoms with van der Waals surface area (Å²) in [4.78, 5) is 17.4. The Morgan fingerprint density at radius 2 is 1.94 bits per heavy atom. The van der Waals surface area contributed by atoms with Crippen LogP contribution in [-0.2, 0) is 10.5 Å². The van der Waals surface area contributed by atoms with E-state index in [0.29, 0.717) is 16.5 Å². The van der Waals surface area contributed by atoms with Crippen LogP contribution in [0.1, 0.15) is 11.3 Å². The first-order valence-corrected chi connectivity index (χ1v) is 11.8. The van der Waals surface area contributed by atoms with E-state index in [2.05, 4.69) is 15.5 Å². The molecule has 0 saturated heterocycles. The van der Waals surface area contributed by atoms with Crippen LogP contribution >= 0.6 is 35.1 Å². The fourth-order valence-electron chi connectivity index (χ4n) is 2.77.